The maximum absolute atomic E-state index is 10.9. The molecule has 0 spiro atoms. The molecular weight excluding hydrogens is 308 g/mol. The first-order valence-electron chi connectivity index (χ1n) is 6.46. The minimum absolute atomic E-state index is 0.0107. The Labute approximate surface area is 130 Å². The largest absolute Gasteiger partial charge is 0.484 e. The first-order chi connectivity index (χ1) is 10.5. The number of aromatic nitrogens is 1. The molecule has 0 N–H and O–H groups in total. The number of nitro groups is 1. The number of ether oxygens (including phenoxy) is 1. The maximum atomic E-state index is 10.9. The van der Waals surface area contributed by atoms with Crippen LogP contribution in [0.2, 0.25) is 5.02 Å². The molecule has 112 valence electrons. The van der Waals surface area contributed by atoms with Gasteiger partial charge in [-0.25, -0.2) is 4.98 Å². The Morgan fingerprint density at radius 1 is 1.32 bits per heavy atom. The van der Waals surface area contributed by atoms with E-state index in [1.165, 1.54) is 12.1 Å². The molecule has 1 heterocycles. The molecule has 0 radical (unpaired) electrons. The number of non-ortho nitro benzene ring substituents is 1. The minimum atomic E-state index is -0.453. The smallest absolute Gasteiger partial charge is 0.272 e. The van der Waals surface area contributed by atoms with E-state index in [9.17, 15) is 10.1 Å². The van der Waals surface area contributed by atoms with Crippen LogP contribution in [-0.2, 0) is 6.61 Å². The van der Waals surface area contributed by atoms with Crippen LogP contribution < -0.4 is 4.74 Å². The monoisotopic (exact) mass is 318 g/mol. The van der Waals surface area contributed by atoms with Gasteiger partial charge in [-0.15, -0.1) is 0 Å². The van der Waals surface area contributed by atoms with Crippen molar-refractivity contribution in [1.82, 2.24) is 4.98 Å². The Morgan fingerprint density at radius 2 is 2.05 bits per heavy atom. The molecule has 0 saturated carbocycles. The predicted octanol–water partition coefficient (Wildman–Crippen LogP) is 4.28. The Morgan fingerprint density at radius 3 is 2.73 bits per heavy atom. The number of nitro benzene ring substituents is 1. The summed E-state index contributed by atoms with van der Waals surface area (Å²) in [7, 11) is 0. The number of fused-ring (bicyclic) bond motifs is 1. The summed E-state index contributed by atoms with van der Waals surface area (Å²) in [6, 6.07) is 9.75. The van der Waals surface area contributed by atoms with Crippen molar-refractivity contribution in [1.29, 1.82) is 0 Å². The summed E-state index contributed by atoms with van der Waals surface area (Å²) in [4.78, 5) is 14.6. The molecule has 3 rings (SSSR count). The first kappa shape index (κ1) is 14.3. The van der Waals surface area contributed by atoms with Crippen LogP contribution in [0.3, 0.4) is 0 Å². The van der Waals surface area contributed by atoms with E-state index in [4.69, 9.17) is 20.8 Å². The zero-order valence-electron chi connectivity index (χ0n) is 11.6. The quantitative estimate of drug-likeness (QED) is 0.530. The second-order valence-corrected chi connectivity index (χ2v) is 5.15. The first-order valence-corrected chi connectivity index (χ1v) is 6.83. The lowest BCUT2D eigenvalue weighted by Crippen LogP contribution is -1.95. The zero-order chi connectivity index (χ0) is 15.7. The van der Waals surface area contributed by atoms with Crippen molar-refractivity contribution in [3.63, 3.8) is 0 Å². The number of aryl methyl sites for hydroxylation is 1. The molecule has 0 aliphatic carbocycles. The summed E-state index contributed by atoms with van der Waals surface area (Å²) >= 11 is 5.80. The molecule has 0 amide bonds. The number of halogens is 1. The van der Waals surface area contributed by atoms with Gasteiger partial charge in [0.15, 0.2) is 12.2 Å². The zero-order valence-corrected chi connectivity index (χ0v) is 12.3. The second-order valence-electron chi connectivity index (χ2n) is 4.72. The van der Waals surface area contributed by atoms with E-state index in [1.54, 1.807) is 31.2 Å². The Bertz CT molecular complexity index is 843. The highest BCUT2D eigenvalue weighted by molar-refractivity contribution is 6.30. The van der Waals surface area contributed by atoms with Crippen LogP contribution >= 0.6 is 11.6 Å². The second kappa shape index (κ2) is 5.65. The van der Waals surface area contributed by atoms with E-state index in [0.717, 1.165) is 0 Å². The summed E-state index contributed by atoms with van der Waals surface area (Å²) in [5.74, 6) is 0.989. The maximum Gasteiger partial charge on any atom is 0.272 e. The predicted molar refractivity (Wildman–Crippen MR) is 81.2 cm³/mol. The van der Waals surface area contributed by atoms with Gasteiger partial charge in [0.25, 0.3) is 5.69 Å². The highest BCUT2D eigenvalue weighted by Gasteiger charge is 2.15. The van der Waals surface area contributed by atoms with Crippen LogP contribution in [0.1, 0.15) is 11.5 Å². The Balaban J connectivity index is 1.84. The van der Waals surface area contributed by atoms with Gasteiger partial charge in [0, 0.05) is 22.7 Å². The normalized spacial score (nSPS) is 10.8. The number of nitrogens with zero attached hydrogens (tertiary/aromatic N) is 2. The van der Waals surface area contributed by atoms with Gasteiger partial charge in [-0.05, 0) is 31.2 Å². The Hall–Kier alpha value is -2.60. The van der Waals surface area contributed by atoms with Crippen LogP contribution in [0.5, 0.6) is 5.75 Å². The van der Waals surface area contributed by atoms with Gasteiger partial charge in [-0.2, -0.15) is 0 Å². The molecule has 1 aromatic heterocycles. The van der Waals surface area contributed by atoms with E-state index >= 15 is 0 Å². The molecule has 0 aliphatic rings. The van der Waals surface area contributed by atoms with E-state index in [2.05, 4.69) is 4.98 Å². The van der Waals surface area contributed by atoms with Crippen molar-refractivity contribution in [3.05, 3.63) is 63.0 Å². The van der Waals surface area contributed by atoms with Crippen molar-refractivity contribution in [2.75, 3.05) is 0 Å². The standard InChI is InChI=1S/C15H11ClN2O4/c1-9-6-11(18(19)20)7-13-15(9)22-14(17-13)8-21-12-4-2-10(16)3-5-12/h2-7H,8H2,1H3. The van der Waals surface area contributed by atoms with Crippen LogP contribution in [0.4, 0.5) is 5.69 Å². The lowest BCUT2D eigenvalue weighted by atomic mass is 10.2. The van der Waals surface area contributed by atoms with Crippen molar-refractivity contribution >= 4 is 28.4 Å². The molecular formula is C15H11ClN2O4. The fourth-order valence-corrected chi connectivity index (χ4v) is 2.20. The molecule has 0 atom stereocenters. The average molecular weight is 319 g/mol. The Kier molecular flexibility index (Phi) is 3.68. The van der Waals surface area contributed by atoms with Gasteiger partial charge in [-0.3, -0.25) is 10.1 Å². The number of rotatable bonds is 4. The summed E-state index contributed by atoms with van der Waals surface area (Å²) in [5.41, 5.74) is 1.62. The lowest BCUT2D eigenvalue weighted by Gasteiger charge is -2.02. The van der Waals surface area contributed by atoms with Crippen LogP contribution in [0.15, 0.2) is 40.8 Å². The molecule has 3 aromatic rings. The summed E-state index contributed by atoms with van der Waals surface area (Å²) in [6.45, 7) is 1.87. The van der Waals surface area contributed by atoms with Gasteiger partial charge >= 0.3 is 0 Å². The summed E-state index contributed by atoms with van der Waals surface area (Å²) < 4.78 is 11.1. The fraction of sp³-hybridized carbons (Fsp3) is 0.133. The molecule has 0 saturated heterocycles. The van der Waals surface area contributed by atoms with E-state index < -0.39 is 4.92 Å². The average Bonchev–Trinajstić information content (AvgIpc) is 2.90. The van der Waals surface area contributed by atoms with Crippen molar-refractivity contribution in [2.24, 2.45) is 0 Å². The molecule has 2 aromatic carbocycles. The third-order valence-corrected chi connectivity index (χ3v) is 3.34. The molecule has 22 heavy (non-hydrogen) atoms. The van der Waals surface area contributed by atoms with E-state index in [1.807, 2.05) is 0 Å². The number of benzene rings is 2. The van der Waals surface area contributed by atoms with E-state index in [-0.39, 0.29) is 12.3 Å². The number of oxazole rings is 1. The minimum Gasteiger partial charge on any atom is -0.484 e. The third kappa shape index (κ3) is 2.87. The van der Waals surface area contributed by atoms with Crippen LogP contribution in [0, 0.1) is 17.0 Å². The lowest BCUT2D eigenvalue weighted by molar-refractivity contribution is -0.384. The van der Waals surface area contributed by atoms with Gasteiger partial charge in [-0.1, -0.05) is 11.6 Å². The molecule has 7 heteroatoms. The summed E-state index contributed by atoms with van der Waals surface area (Å²) in [6.07, 6.45) is 0. The van der Waals surface area contributed by atoms with Crippen LogP contribution in [-0.4, -0.2) is 9.91 Å². The van der Waals surface area contributed by atoms with Gasteiger partial charge in [0.2, 0.25) is 5.89 Å². The van der Waals surface area contributed by atoms with Crippen molar-refractivity contribution < 1.29 is 14.1 Å². The van der Waals surface area contributed by atoms with Crippen molar-refractivity contribution in [3.8, 4) is 5.75 Å². The van der Waals surface area contributed by atoms with Crippen molar-refractivity contribution in [2.45, 2.75) is 13.5 Å². The van der Waals surface area contributed by atoms with Crippen LogP contribution in [0.25, 0.3) is 11.1 Å². The van der Waals surface area contributed by atoms with Gasteiger partial charge in [0.05, 0.1) is 4.92 Å². The highest BCUT2D eigenvalue weighted by Crippen LogP contribution is 2.26. The van der Waals surface area contributed by atoms with Gasteiger partial charge < -0.3 is 9.15 Å². The molecule has 0 unspecified atom stereocenters. The fourth-order valence-electron chi connectivity index (χ4n) is 2.07. The summed E-state index contributed by atoms with van der Waals surface area (Å²) in [5, 5.41) is 11.5. The third-order valence-electron chi connectivity index (χ3n) is 3.09. The molecule has 0 fully saturated rings. The molecule has 6 nitrogen and oxygen atoms in total. The molecule has 0 aliphatic heterocycles. The van der Waals surface area contributed by atoms with E-state index in [0.29, 0.717) is 33.3 Å². The number of hydrogen-bond acceptors (Lipinski definition) is 5. The molecule has 0 bridgehead atoms. The SMILES string of the molecule is Cc1cc([N+](=O)[O-])cc2nc(COc3ccc(Cl)cc3)oc12. The highest BCUT2D eigenvalue weighted by atomic mass is 35.5. The number of hydrogen-bond donors (Lipinski definition) is 0. The van der Waals surface area contributed by atoms with Gasteiger partial charge in [0.1, 0.15) is 11.3 Å². The topological polar surface area (TPSA) is 78.4 Å².